The van der Waals surface area contributed by atoms with Gasteiger partial charge in [0.25, 0.3) is 0 Å². The standard InChI is InChI=1S/C16H27N7O8/c17-7(5-12(20)26)14(28)23-8(1-3-10(18)24)15(29)21-6-13(27)22-9(16(30)31)2-4-11(19)25/h7-9H,1-6,17H2,(H2,18,24)(H2,19,25)(H2,20,26)(H,21,29)(H,22,27)(H,23,28)(H,30,31). The molecule has 15 nitrogen and oxygen atoms in total. The van der Waals surface area contributed by atoms with E-state index in [1.54, 1.807) is 0 Å². The fourth-order valence-electron chi connectivity index (χ4n) is 2.22. The molecule has 15 heteroatoms. The number of carboxylic acid groups (broad SMARTS) is 1. The van der Waals surface area contributed by atoms with E-state index < -0.39 is 72.5 Å². The Hall–Kier alpha value is -3.75. The van der Waals surface area contributed by atoms with Crippen LogP contribution in [0.2, 0.25) is 0 Å². The van der Waals surface area contributed by atoms with Crippen LogP contribution in [-0.4, -0.2) is 71.2 Å². The van der Waals surface area contributed by atoms with E-state index in [0.29, 0.717) is 0 Å². The van der Waals surface area contributed by atoms with Crippen molar-refractivity contribution in [2.45, 2.75) is 50.2 Å². The molecular weight excluding hydrogens is 418 g/mol. The van der Waals surface area contributed by atoms with E-state index in [4.69, 9.17) is 28.0 Å². The summed E-state index contributed by atoms with van der Waals surface area (Å²) in [4.78, 5) is 79.9. The quantitative estimate of drug-likeness (QED) is 0.119. The second-order valence-electron chi connectivity index (χ2n) is 6.52. The van der Waals surface area contributed by atoms with Gasteiger partial charge in [-0.15, -0.1) is 0 Å². The number of nitrogens with one attached hydrogen (secondary N) is 3. The van der Waals surface area contributed by atoms with Crippen LogP contribution in [-0.2, 0) is 33.6 Å². The van der Waals surface area contributed by atoms with Crippen LogP contribution in [0.5, 0.6) is 0 Å². The minimum absolute atomic E-state index is 0.228. The summed E-state index contributed by atoms with van der Waals surface area (Å²) in [6.45, 7) is -0.671. The van der Waals surface area contributed by atoms with E-state index >= 15 is 0 Å². The van der Waals surface area contributed by atoms with Crippen molar-refractivity contribution in [3.8, 4) is 0 Å². The molecule has 0 heterocycles. The fraction of sp³-hybridized carbons (Fsp3) is 0.562. The molecule has 31 heavy (non-hydrogen) atoms. The maximum atomic E-state index is 12.3. The molecule has 3 unspecified atom stereocenters. The van der Waals surface area contributed by atoms with Crippen molar-refractivity contribution in [3.63, 3.8) is 0 Å². The first-order chi connectivity index (χ1) is 14.3. The minimum Gasteiger partial charge on any atom is -0.480 e. The topological polar surface area (TPSA) is 280 Å². The number of carbonyl (C=O) groups is 7. The number of aliphatic carboxylic acids is 1. The van der Waals surface area contributed by atoms with E-state index in [-0.39, 0.29) is 25.7 Å². The second-order valence-corrected chi connectivity index (χ2v) is 6.52. The fourth-order valence-corrected chi connectivity index (χ4v) is 2.22. The molecule has 12 N–H and O–H groups in total. The maximum absolute atomic E-state index is 12.3. The predicted octanol–water partition coefficient (Wildman–Crippen LogP) is -5.11. The summed E-state index contributed by atoms with van der Waals surface area (Å²) >= 11 is 0. The highest BCUT2D eigenvalue weighted by atomic mass is 16.4. The Morgan fingerprint density at radius 1 is 0.742 bits per heavy atom. The Kier molecular flexibility index (Phi) is 11.8. The molecule has 0 saturated heterocycles. The largest absolute Gasteiger partial charge is 0.480 e. The summed E-state index contributed by atoms with van der Waals surface area (Å²) in [6.07, 6.45) is -1.53. The third kappa shape index (κ3) is 12.4. The van der Waals surface area contributed by atoms with E-state index in [2.05, 4.69) is 16.0 Å². The van der Waals surface area contributed by atoms with E-state index in [1.807, 2.05) is 0 Å². The Balaban J connectivity index is 4.92. The summed E-state index contributed by atoms with van der Waals surface area (Å²) in [5.74, 6) is -6.44. The lowest BCUT2D eigenvalue weighted by atomic mass is 10.1. The van der Waals surface area contributed by atoms with E-state index in [9.17, 15) is 33.6 Å². The zero-order valence-electron chi connectivity index (χ0n) is 16.6. The number of hydrogen-bond acceptors (Lipinski definition) is 8. The predicted molar refractivity (Wildman–Crippen MR) is 103 cm³/mol. The molecule has 0 bridgehead atoms. The lowest BCUT2D eigenvalue weighted by Crippen LogP contribution is -2.54. The molecule has 0 saturated carbocycles. The summed E-state index contributed by atoms with van der Waals surface area (Å²) in [5.41, 5.74) is 20.4. The van der Waals surface area contributed by atoms with Crippen LogP contribution in [0.15, 0.2) is 0 Å². The molecule has 174 valence electrons. The molecular formula is C16H27N7O8. The van der Waals surface area contributed by atoms with Gasteiger partial charge in [0.05, 0.1) is 19.0 Å². The molecule has 0 aliphatic rings. The summed E-state index contributed by atoms with van der Waals surface area (Å²) in [7, 11) is 0. The molecule has 0 rings (SSSR count). The number of carboxylic acids is 1. The third-order valence-corrected chi connectivity index (χ3v) is 3.81. The van der Waals surface area contributed by atoms with Gasteiger partial charge in [-0.25, -0.2) is 4.79 Å². The van der Waals surface area contributed by atoms with E-state index in [0.717, 1.165) is 0 Å². The Labute approximate surface area is 176 Å². The average Bonchev–Trinajstić information content (AvgIpc) is 2.64. The van der Waals surface area contributed by atoms with Crippen LogP contribution in [0.4, 0.5) is 0 Å². The Morgan fingerprint density at radius 3 is 1.71 bits per heavy atom. The van der Waals surface area contributed by atoms with Crippen LogP contribution in [0.25, 0.3) is 0 Å². The number of carbonyl (C=O) groups excluding carboxylic acids is 6. The van der Waals surface area contributed by atoms with Crippen molar-refractivity contribution >= 4 is 41.4 Å². The van der Waals surface area contributed by atoms with Gasteiger partial charge >= 0.3 is 5.97 Å². The van der Waals surface area contributed by atoms with Crippen LogP contribution < -0.4 is 38.9 Å². The van der Waals surface area contributed by atoms with Gasteiger partial charge in [0.2, 0.25) is 35.4 Å². The number of amides is 6. The first-order valence-corrected chi connectivity index (χ1v) is 9.04. The number of nitrogens with two attached hydrogens (primary N) is 4. The normalized spacial score (nSPS) is 13.2. The van der Waals surface area contributed by atoms with Gasteiger partial charge in [-0.2, -0.15) is 0 Å². The zero-order chi connectivity index (χ0) is 24.1. The van der Waals surface area contributed by atoms with Gasteiger partial charge in [0.1, 0.15) is 12.1 Å². The number of hydrogen-bond donors (Lipinski definition) is 8. The third-order valence-electron chi connectivity index (χ3n) is 3.81. The van der Waals surface area contributed by atoms with Crippen molar-refractivity contribution < 1.29 is 38.7 Å². The zero-order valence-corrected chi connectivity index (χ0v) is 16.6. The molecule has 6 amide bonds. The lowest BCUT2D eigenvalue weighted by Gasteiger charge is -2.20. The summed E-state index contributed by atoms with van der Waals surface area (Å²) < 4.78 is 0. The van der Waals surface area contributed by atoms with Crippen molar-refractivity contribution in [2.24, 2.45) is 22.9 Å². The smallest absolute Gasteiger partial charge is 0.326 e. The van der Waals surface area contributed by atoms with Crippen molar-refractivity contribution in [1.29, 1.82) is 0 Å². The first kappa shape index (κ1) is 27.2. The molecule has 3 atom stereocenters. The van der Waals surface area contributed by atoms with Gasteiger partial charge in [-0.05, 0) is 12.8 Å². The molecule has 0 aliphatic heterocycles. The molecule has 0 aromatic rings. The van der Waals surface area contributed by atoms with Gasteiger partial charge in [-0.1, -0.05) is 0 Å². The highest BCUT2D eigenvalue weighted by Crippen LogP contribution is 2.00. The van der Waals surface area contributed by atoms with Crippen molar-refractivity contribution in [1.82, 2.24) is 16.0 Å². The van der Waals surface area contributed by atoms with Gasteiger partial charge in [-0.3, -0.25) is 28.8 Å². The number of primary amides is 3. The van der Waals surface area contributed by atoms with Crippen molar-refractivity contribution in [3.05, 3.63) is 0 Å². The van der Waals surface area contributed by atoms with Crippen molar-refractivity contribution in [2.75, 3.05) is 6.54 Å². The SMILES string of the molecule is NC(=O)CCC(NC(=O)CNC(=O)C(CCC(N)=O)NC(=O)C(N)CC(N)=O)C(=O)O. The lowest BCUT2D eigenvalue weighted by molar-refractivity contribution is -0.142. The monoisotopic (exact) mass is 445 g/mol. The van der Waals surface area contributed by atoms with Crippen LogP contribution in [0, 0.1) is 0 Å². The minimum atomic E-state index is -1.41. The molecule has 0 radical (unpaired) electrons. The van der Waals surface area contributed by atoms with Gasteiger partial charge in [0.15, 0.2) is 0 Å². The van der Waals surface area contributed by atoms with Crippen LogP contribution in [0.1, 0.15) is 32.1 Å². The number of rotatable bonds is 15. The Morgan fingerprint density at radius 2 is 1.26 bits per heavy atom. The van der Waals surface area contributed by atoms with Gasteiger partial charge < -0.3 is 44.0 Å². The first-order valence-electron chi connectivity index (χ1n) is 9.04. The molecule has 0 aromatic carbocycles. The maximum Gasteiger partial charge on any atom is 0.326 e. The summed E-state index contributed by atoms with van der Waals surface area (Å²) in [5, 5.41) is 15.5. The molecule has 0 aromatic heterocycles. The highest BCUT2D eigenvalue weighted by Gasteiger charge is 2.26. The highest BCUT2D eigenvalue weighted by molar-refractivity contribution is 5.94. The van der Waals surface area contributed by atoms with Crippen LogP contribution in [0.3, 0.4) is 0 Å². The molecule has 0 fully saturated rings. The van der Waals surface area contributed by atoms with Crippen LogP contribution >= 0.6 is 0 Å². The summed E-state index contributed by atoms with van der Waals surface area (Å²) in [6, 6.07) is -4.07. The Bertz CT molecular complexity index is 727. The molecule has 0 spiro atoms. The molecule has 0 aliphatic carbocycles. The second kappa shape index (κ2) is 13.5. The average molecular weight is 445 g/mol. The van der Waals surface area contributed by atoms with E-state index in [1.165, 1.54) is 0 Å². The van der Waals surface area contributed by atoms with Gasteiger partial charge in [0, 0.05) is 12.8 Å².